The van der Waals surface area contributed by atoms with Crippen LogP contribution >= 0.6 is 0 Å². The van der Waals surface area contributed by atoms with Gasteiger partial charge in [0.1, 0.15) is 5.75 Å². The van der Waals surface area contributed by atoms with Crippen LogP contribution in [-0.4, -0.2) is 12.9 Å². The molecule has 1 unspecified atom stereocenters. The summed E-state index contributed by atoms with van der Waals surface area (Å²) in [5.41, 5.74) is 1.09. The molecule has 1 atom stereocenters. The predicted octanol–water partition coefficient (Wildman–Crippen LogP) is 4.26. The molecule has 0 amide bonds. The van der Waals surface area contributed by atoms with E-state index in [0.717, 1.165) is 24.3 Å². The van der Waals surface area contributed by atoms with Crippen molar-refractivity contribution in [2.24, 2.45) is 0 Å². The highest BCUT2D eigenvalue weighted by molar-refractivity contribution is 5.48. The van der Waals surface area contributed by atoms with Gasteiger partial charge < -0.3 is 9.47 Å². The van der Waals surface area contributed by atoms with Gasteiger partial charge in [-0.15, -0.1) is 0 Å². The first-order valence-corrected chi connectivity index (χ1v) is 6.27. The van der Waals surface area contributed by atoms with E-state index in [2.05, 4.69) is 13.5 Å². The van der Waals surface area contributed by atoms with Crippen LogP contribution in [0.2, 0.25) is 0 Å². The Morgan fingerprint density at radius 1 is 1.24 bits per heavy atom. The zero-order valence-electron chi connectivity index (χ0n) is 10.8. The minimum absolute atomic E-state index is 0.193. The van der Waals surface area contributed by atoms with Crippen molar-refractivity contribution in [2.45, 2.75) is 39.4 Å². The summed E-state index contributed by atoms with van der Waals surface area (Å²) in [6, 6.07) is 7.82. The van der Waals surface area contributed by atoms with Crippen LogP contribution < -0.4 is 4.74 Å². The Bertz CT molecular complexity index is 316. The number of unbranched alkanes of at least 4 members (excludes halogenated alkanes) is 2. The van der Waals surface area contributed by atoms with E-state index in [1.165, 1.54) is 12.8 Å². The summed E-state index contributed by atoms with van der Waals surface area (Å²) in [7, 11) is 0. The minimum Gasteiger partial charge on any atom is -0.465 e. The van der Waals surface area contributed by atoms with E-state index in [0.29, 0.717) is 0 Å². The average Bonchev–Trinajstić information content (AvgIpc) is 2.36. The van der Waals surface area contributed by atoms with Crippen molar-refractivity contribution in [3.63, 3.8) is 0 Å². The Labute approximate surface area is 104 Å². The largest absolute Gasteiger partial charge is 0.465 e. The lowest BCUT2D eigenvalue weighted by atomic mass is 10.2. The molecule has 0 spiro atoms. The van der Waals surface area contributed by atoms with Crippen molar-refractivity contribution in [3.05, 3.63) is 36.4 Å². The second kappa shape index (κ2) is 7.91. The molecule has 2 nitrogen and oxygen atoms in total. The Kier molecular flexibility index (Phi) is 6.41. The van der Waals surface area contributed by atoms with E-state index in [1.807, 2.05) is 37.3 Å². The van der Waals surface area contributed by atoms with E-state index in [1.54, 1.807) is 0 Å². The van der Waals surface area contributed by atoms with E-state index in [-0.39, 0.29) is 6.29 Å². The zero-order chi connectivity index (χ0) is 12.5. The molecule has 1 aromatic carbocycles. The van der Waals surface area contributed by atoms with Gasteiger partial charge in [-0.2, -0.15) is 0 Å². The molecule has 0 bridgehead atoms. The Hall–Kier alpha value is -1.28. The fourth-order valence-electron chi connectivity index (χ4n) is 1.51. The Balaban J connectivity index is 2.29. The summed E-state index contributed by atoms with van der Waals surface area (Å²) in [5, 5.41) is 0. The average molecular weight is 234 g/mol. The van der Waals surface area contributed by atoms with Crippen LogP contribution in [0, 0.1) is 0 Å². The van der Waals surface area contributed by atoms with Gasteiger partial charge in [-0.3, -0.25) is 0 Å². The third-order valence-corrected chi connectivity index (χ3v) is 2.52. The van der Waals surface area contributed by atoms with Gasteiger partial charge in [-0.1, -0.05) is 44.6 Å². The standard InChI is InChI=1S/C15H22O2/c1-4-6-7-12-16-13(3)17-15-10-8-14(5-2)9-11-15/h5,8-11,13H,2,4,6-7,12H2,1,3H3. The maximum atomic E-state index is 5.64. The highest BCUT2D eigenvalue weighted by Crippen LogP contribution is 2.14. The molecule has 1 rings (SSSR count). The molecule has 0 heterocycles. The first kappa shape index (κ1) is 13.8. The van der Waals surface area contributed by atoms with Crippen molar-refractivity contribution in [3.8, 4) is 5.75 Å². The van der Waals surface area contributed by atoms with Gasteiger partial charge in [0.15, 0.2) is 6.29 Å². The van der Waals surface area contributed by atoms with Crippen molar-refractivity contribution < 1.29 is 9.47 Å². The van der Waals surface area contributed by atoms with Crippen LogP contribution in [0.25, 0.3) is 6.08 Å². The maximum absolute atomic E-state index is 5.64. The van der Waals surface area contributed by atoms with Crippen LogP contribution in [0.5, 0.6) is 5.75 Å². The molecule has 0 aliphatic carbocycles. The molecule has 17 heavy (non-hydrogen) atoms. The fraction of sp³-hybridized carbons (Fsp3) is 0.467. The van der Waals surface area contributed by atoms with Gasteiger partial charge in [-0.05, 0) is 31.0 Å². The van der Waals surface area contributed by atoms with Crippen molar-refractivity contribution in [1.82, 2.24) is 0 Å². The molecule has 2 heteroatoms. The van der Waals surface area contributed by atoms with Crippen LogP contribution in [0.4, 0.5) is 0 Å². The van der Waals surface area contributed by atoms with E-state index in [4.69, 9.17) is 9.47 Å². The Morgan fingerprint density at radius 3 is 2.53 bits per heavy atom. The number of rotatable bonds is 8. The maximum Gasteiger partial charge on any atom is 0.196 e. The lowest BCUT2D eigenvalue weighted by Gasteiger charge is -2.15. The fourth-order valence-corrected chi connectivity index (χ4v) is 1.51. The second-order valence-electron chi connectivity index (χ2n) is 4.04. The zero-order valence-corrected chi connectivity index (χ0v) is 10.8. The summed E-state index contributed by atoms with van der Waals surface area (Å²) in [6.07, 6.45) is 5.14. The van der Waals surface area contributed by atoms with E-state index in [9.17, 15) is 0 Å². The molecule has 94 valence electrons. The number of ether oxygens (including phenoxy) is 2. The molecule has 0 aliphatic heterocycles. The molecule has 0 radical (unpaired) electrons. The first-order chi connectivity index (χ1) is 8.26. The lowest BCUT2D eigenvalue weighted by molar-refractivity contribution is -0.0676. The summed E-state index contributed by atoms with van der Waals surface area (Å²) < 4.78 is 11.2. The molecule has 0 aromatic heterocycles. The molecular weight excluding hydrogens is 212 g/mol. The quantitative estimate of drug-likeness (QED) is 0.494. The highest BCUT2D eigenvalue weighted by atomic mass is 16.7. The van der Waals surface area contributed by atoms with Crippen LogP contribution in [0.15, 0.2) is 30.8 Å². The van der Waals surface area contributed by atoms with E-state index < -0.39 is 0 Å². The minimum atomic E-state index is -0.193. The van der Waals surface area contributed by atoms with Gasteiger partial charge in [0.2, 0.25) is 0 Å². The third-order valence-electron chi connectivity index (χ3n) is 2.52. The molecule has 1 aromatic rings. The summed E-state index contributed by atoms with van der Waals surface area (Å²) in [4.78, 5) is 0. The monoisotopic (exact) mass is 234 g/mol. The predicted molar refractivity (Wildman–Crippen MR) is 72.1 cm³/mol. The van der Waals surface area contributed by atoms with E-state index >= 15 is 0 Å². The normalized spacial score (nSPS) is 12.1. The van der Waals surface area contributed by atoms with Crippen LogP contribution in [-0.2, 0) is 4.74 Å². The molecule has 0 aliphatic rings. The van der Waals surface area contributed by atoms with Gasteiger partial charge in [0.25, 0.3) is 0 Å². The van der Waals surface area contributed by atoms with Gasteiger partial charge in [0, 0.05) is 0 Å². The number of hydrogen-bond donors (Lipinski definition) is 0. The topological polar surface area (TPSA) is 18.5 Å². The summed E-state index contributed by atoms with van der Waals surface area (Å²) in [5.74, 6) is 0.832. The molecule has 0 saturated carbocycles. The van der Waals surface area contributed by atoms with Gasteiger partial charge in [0.05, 0.1) is 6.61 Å². The van der Waals surface area contributed by atoms with Gasteiger partial charge in [-0.25, -0.2) is 0 Å². The molecule has 0 N–H and O–H groups in total. The SMILES string of the molecule is C=Cc1ccc(OC(C)OCCCCC)cc1. The van der Waals surface area contributed by atoms with Crippen LogP contribution in [0.3, 0.4) is 0 Å². The molecular formula is C15H22O2. The number of hydrogen-bond acceptors (Lipinski definition) is 2. The molecule has 0 fully saturated rings. The highest BCUT2D eigenvalue weighted by Gasteiger charge is 2.03. The van der Waals surface area contributed by atoms with Crippen molar-refractivity contribution >= 4 is 6.08 Å². The Morgan fingerprint density at radius 2 is 1.94 bits per heavy atom. The van der Waals surface area contributed by atoms with Crippen molar-refractivity contribution in [2.75, 3.05) is 6.61 Å². The summed E-state index contributed by atoms with van der Waals surface area (Å²) >= 11 is 0. The first-order valence-electron chi connectivity index (χ1n) is 6.27. The molecule has 0 saturated heterocycles. The van der Waals surface area contributed by atoms with Crippen LogP contribution in [0.1, 0.15) is 38.7 Å². The van der Waals surface area contributed by atoms with Crippen molar-refractivity contribution in [1.29, 1.82) is 0 Å². The lowest BCUT2D eigenvalue weighted by Crippen LogP contribution is -2.16. The second-order valence-corrected chi connectivity index (χ2v) is 4.04. The number of benzene rings is 1. The smallest absolute Gasteiger partial charge is 0.196 e. The van der Waals surface area contributed by atoms with Gasteiger partial charge >= 0.3 is 0 Å². The third kappa shape index (κ3) is 5.55. The summed E-state index contributed by atoms with van der Waals surface area (Å²) in [6.45, 7) is 8.58.